The summed E-state index contributed by atoms with van der Waals surface area (Å²) in [5, 5.41) is 2.74. The summed E-state index contributed by atoms with van der Waals surface area (Å²) in [6.45, 7) is 4.54. The Bertz CT molecular complexity index is 821. The molecule has 1 fully saturated rings. The number of rotatable bonds is 6. The van der Waals surface area contributed by atoms with Gasteiger partial charge in [0.2, 0.25) is 5.91 Å². The minimum atomic E-state index is -0.510. The highest BCUT2D eigenvalue weighted by molar-refractivity contribution is 5.95. The van der Waals surface area contributed by atoms with Gasteiger partial charge in [-0.05, 0) is 37.5 Å². The second-order valence-electron chi connectivity index (χ2n) is 7.03. The SMILES string of the molecule is CCCn1c(N)c(NC(=O)[C@H]2C[C@H]3C=C[C@@H]2C3)c(=O)n(CCC)c1=O. The van der Waals surface area contributed by atoms with Crippen LogP contribution in [0.5, 0.6) is 0 Å². The molecule has 1 aromatic rings. The van der Waals surface area contributed by atoms with Crippen LogP contribution in [0, 0.1) is 17.8 Å². The molecule has 1 heterocycles. The van der Waals surface area contributed by atoms with Crippen molar-refractivity contribution in [2.75, 3.05) is 11.1 Å². The van der Waals surface area contributed by atoms with Crippen molar-refractivity contribution in [3.63, 3.8) is 0 Å². The lowest BCUT2D eigenvalue weighted by Gasteiger charge is -2.20. The molecule has 2 aliphatic rings. The zero-order chi connectivity index (χ0) is 18.1. The largest absolute Gasteiger partial charge is 0.383 e. The first-order valence-electron chi connectivity index (χ1n) is 9.10. The van der Waals surface area contributed by atoms with Crippen molar-refractivity contribution in [1.29, 1.82) is 0 Å². The standard InChI is InChI=1S/C18H26N4O3/c1-3-7-21-15(19)14(17(24)22(8-4-2)18(21)25)20-16(23)13-10-11-5-6-12(13)9-11/h5-6,11-13H,3-4,7-10,19H2,1-2H3,(H,20,23)/t11-,12+,13-/m0/s1. The van der Waals surface area contributed by atoms with Gasteiger partial charge in [0.15, 0.2) is 0 Å². The molecule has 0 spiro atoms. The van der Waals surface area contributed by atoms with Crippen molar-refractivity contribution in [2.24, 2.45) is 17.8 Å². The Morgan fingerprint density at radius 1 is 1.16 bits per heavy atom. The lowest BCUT2D eigenvalue weighted by molar-refractivity contribution is -0.120. The minimum Gasteiger partial charge on any atom is -0.383 e. The van der Waals surface area contributed by atoms with Gasteiger partial charge in [-0.25, -0.2) is 4.79 Å². The van der Waals surface area contributed by atoms with E-state index in [1.807, 2.05) is 13.8 Å². The Labute approximate surface area is 146 Å². The van der Waals surface area contributed by atoms with Crippen molar-refractivity contribution in [3.8, 4) is 0 Å². The van der Waals surface area contributed by atoms with Crippen LogP contribution in [0.2, 0.25) is 0 Å². The average molecular weight is 346 g/mol. The summed E-state index contributed by atoms with van der Waals surface area (Å²) in [5.41, 5.74) is 5.20. The van der Waals surface area contributed by atoms with E-state index >= 15 is 0 Å². The quantitative estimate of drug-likeness (QED) is 0.764. The maximum Gasteiger partial charge on any atom is 0.332 e. The van der Waals surface area contributed by atoms with Crippen molar-refractivity contribution in [2.45, 2.75) is 52.6 Å². The fraction of sp³-hybridized carbons (Fsp3) is 0.611. The lowest BCUT2D eigenvalue weighted by Crippen LogP contribution is -2.43. The Morgan fingerprint density at radius 2 is 1.84 bits per heavy atom. The van der Waals surface area contributed by atoms with Crippen LogP contribution in [-0.2, 0) is 17.9 Å². The molecule has 0 saturated heterocycles. The minimum absolute atomic E-state index is 0.0400. The van der Waals surface area contributed by atoms with E-state index in [1.54, 1.807) is 0 Å². The van der Waals surface area contributed by atoms with Crippen LogP contribution in [0.1, 0.15) is 39.5 Å². The summed E-state index contributed by atoms with van der Waals surface area (Å²) >= 11 is 0. The Morgan fingerprint density at radius 3 is 2.40 bits per heavy atom. The number of fused-ring (bicyclic) bond motifs is 2. The Balaban J connectivity index is 1.97. The predicted octanol–water partition coefficient (Wildman–Crippen LogP) is 1.56. The number of hydrogen-bond acceptors (Lipinski definition) is 4. The number of aromatic nitrogens is 2. The molecule has 0 radical (unpaired) electrons. The maximum atomic E-state index is 12.7. The molecule has 0 aliphatic heterocycles. The number of nitrogens with one attached hydrogen (secondary N) is 1. The normalized spacial score (nSPS) is 24.0. The molecular formula is C18H26N4O3. The first-order valence-corrected chi connectivity index (χ1v) is 9.10. The fourth-order valence-corrected chi connectivity index (χ4v) is 3.99. The predicted molar refractivity (Wildman–Crippen MR) is 97.4 cm³/mol. The van der Waals surface area contributed by atoms with E-state index in [2.05, 4.69) is 17.5 Å². The molecule has 7 heteroatoms. The van der Waals surface area contributed by atoms with Crippen molar-refractivity contribution >= 4 is 17.4 Å². The highest BCUT2D eigenvalue weighted by atomic mass is 16.2. The van der Waals surface area contributed by atoms with E-state index in [4.69, 9.17) is 5.73 Å². The third-order valence-electron chi connectivity index (χ3n) is 5.23. The van der Waals surface area contributed by atoms with Gasteiger partial charge in [-0.3, -0.25) is 18.7 Å². The van der Waals surface area contributed by atoms with Crippen molar-refractivity contribution in [1.82, 2.24) is 9.13 Å². The van der Waals surface area contributed by atoms with Gasteiger partial charge >= 0.3 is 5.69 Å². The van der Waals surface area contributed by atoms with Gasteiger partial charge in [-0.1, -0.05) is 26.0 Å². The first kappa shape index (κ1) is 17.5. The molecule has 3 N–H and O–H groups in total. The van der Waals surface area contributed by atoms with Gasteiger partial charge in [0, 0.05) is 19.0 Å². The summed E-state index contributed by atoms with van der Waals surface area (Å²) < 4.78 is 2.55. The molecule has 2 bridgehead atoms. The average Bonchev–Trinajstić information content (AvgIpc) is 3.22. The van der Waals surface area contributed by atoms with Gasteiger partial charge in [0.05, 0.1) is 0 Å². The number of carbonyl (C=O) groups is 1. The molecule has 0 unspecified atom stereocenters. The number of allylic oxidation sites excluding steroid dienone is 2. The number of nitrogens with zero attached hydrogens (tertiary/aromatic N) is 2. The highest BCUT2D eigenvalue weighted by Gasteiger charge is 2.40. The monoisotopic (exact) mass is 346 g/mol. The lowest BCUT2D eigenvalue weighted by atomic mass is 9.93. The van der Waals surface area contributed by atoms with Crippen molar-refractivity contribution in [3.05, 3.63) is 33.0 Å². The molecule has 1 saturated carbocycles. The fourth-order valence-electron chi connectivity index (χ4n) is 3.99. The summed E-state index contributed by atoms with van der Waals surface area (Å²) in [6.07, 6.45) is 7.43. The van der Waals surface area contributed by atoms with Gasteiger partial charge in [-0.15, -0.1) is 0 Å². The van der Waals surface area contributed by atoms with E-state index < -0.39 is 11.2 Å². The third kappa shape index (κ3) is 3.03. The second-order valence-corrected chi connectivity index (χ2v) is 7.03. The topological polar surface area (TPSA) is 99.1 Å². The summed E-state index contributed by atoms with van der Waals surface area (Å²) in [5.74, 6) is 0.455. The van der Waals surface area contributed by atoms with Crippen LogP contribution < -0.4 is 22.3 Å². The van der Waals surface area contributed by atoms with Gasteiger partial charge in [0.1, 0.15) is 11.5 Å². The summed E-state index contributed by atoms with van der Waals surface area (Å²) in [4.78, 5) is 37.9. The number of hydrogen-bond donors (Lipinski definition) is 2. The van der Waals surface area contributed by atoms with Crippen LogP contribution in [0.15, 0.2) is 21.7 Å². The van der Waals surface area contributed by atoms with Gasteiger partial charge in [0.25, 0.3) is 5.56 Å². The molecule has 136 valence electrons. The second kappa shape index (κ2) is 6.90. The Hall–Kier alpha value is -2.31. The van der Waals surface area contributed by atoms with Crippen LogP contribution in [0.25, 0.3) is 0 Å². The molecule has 25 heavy (non-hydrogen) atoms. The number of nitrogen functional groups attached to an aromatic ring is 1. The van der Waals surface area contributed by atoms with Gasteiger partial charge < -0.3 is 11.1 Å². The van der Waals surface area contributed by atoms with Crippen LogP contribution in [0.4, 0.5) is 11.5 Å². The number of amides is 1. The molecular weight excluding hydrogens is 320 g/mol. The smallest absolute Gasteiger partial charge is 0.332 e. The highest BCUT2D eigenvalue weighted by Crippen LogP contribution is 2.43. The number of nitrogens with two attached hydrogens (primary N) is 1. The van der Waals surface area contributed by atoms with Crippen LogP contribution in [0.3, 0.4) is 0 Å². The molecule has 2 aliphatic carbocycles. The van der Waals surface area contributed by atoms with E-state index in [9.17, 15) is 14.4 Å². The van der Waals surface area contributed by atoms with E-state index in [1.165, 1.54) is 9.13 Å². The number of carbonyl (C=O) groups excluding carboxylic acids is 1. The molecule has 7 nitrogen and oxygen atoms in total. The van der Waals surface area contributed by atoms with Crippen molar-refractivity contribution < 1.29 is 4.79 Å². The summed E-state index contributed by atoms with van der Waals surface area (Å²) in [7, 11) is 0. The molecule has 1 aromatic heterocycles. The molecule has 0 aromatic carbocycles. The van der Waals surface area contributed by atoms with E-state index in [0.29, 0.717) is 31.8 Å². The summed E-state index contributed by atoms with van der Waals surface area (Å²) in [6, 6.07) is 0. The third-order valence-corrected chi connectivity index (χ3v) is 5.23. The molecule has 1 amide bonds. The molecule has 3 atom stereocenters. The number of anilines is 2. The molecule has 3 rings (SSSR count). The van der Waals surface area contributed by atoms with Crippen LogP contribution in [-0.4, -0.2) is 15.0 Å². The zero-order valence-corrected chi connectivity index (χ0v) is 14.8. The van der Waals surface area contributed by atoms with E-state index in [-0.39, 0.29) is 29.2 Å². The first-order chi connectivity index (χ1) is 12.0. The van der Waals surface area contributed by atoms with Gasteiger partial charge in [-0.2, -0.15) is 0 Å². The Kier molecular flexibility index (Phi) is 4.83. The zero-order valence-electron chi connectivity index (χ0n) is 14.8. The maximum absolute atomic E-state index is 12.7. The van der Waals surface area contributed by atoms with Crippen LogP contribution >= 0.6 is 0 Å². The van der Waals surface area contributed by atoms with E-state index in [0.717, 1.165) is 12.8 Å².